The fourth-order valence-corrected chi connectivity index (χ4v) is 3.33. The van der Waals surface area contributed by atoms with E-state index in [0.717, 1.165) is 12.5 Å². The normalized spacial score (nSPS) is 25.1. The lowest BCUT2D eigenvalue weighted by Crippen LogP contribution is -2.40. The number of hydrogen-bond acceptors (Lipinski definition) is 2. The summed E-state index contributed by atoms with van der Waals surface area (Å²) in [5, 5.41) is 0. The van der Waals surface area contributed by atoms with Gasteiger partial charge in [0, 0.05) is 23.6 Å². The maximum absolute atomic E-state index is 5.66. The first-order valence-electron chi connectivity index (χ1n) is 6.37. The number of benzene rings is 1. The molecule has 0 aromatic heterocycles. The molecule has 0 bridgehead atoms. The zero-order valence-corrected chi connectivity index (χ0v) is 12.2. The summed E-state index contributed by atoms with van der Waals surface area (Å²) in [6.45, 7) is 6.42. The van der Waals surface area contributed by atoms with E-state index in [1.807, 2.05) is 0 Å². The molecule has 2 unspecified atom stereocenters. The number of anilines is 1. The van der Waals surface area contributed by atoms with Crippen LogP contribution in [0.3, 0.4) is 0 Å². The van der Waals surface area contributed by atoms with Crippen LogP contribution in [0.5, 0.6) is 0 Å². The molecule has 0 spiro atoms. The first-order valence-corrected chi connectivity index (χ1v) is 7.16. The van der Waals surface area contributed by atoms with Crippen molar-refractivity contribution in [2.45, 2.75) is 39.3 Å². The zero-order valence-electron chi connectivity index (χ0n) is 10.6. The summed E-state index contributed by atoms with van der Waals surface area (Å²) in [6, 6.07) is 7.09. The number of nitrogens with zero attached hydrogens (tertiary/aromatic N) is 1. The van der Waals surface area contributed by atoms with E-state index in [9.17, 15) is 0 Å². The summed E-state index contributed by atoms with van der Waals surface area (Å²) in [5.74, 6) is 0.850. The molecule has 1 aliphatic rings. The third-order valence-electron chi connectivity index (χ3n) is 3.70. The average molecular weight is 297 g/mol. The predicted octanol–water partition coefficient (Wildman–Crippen LogP) is 3.53. The first-order chi connectivity index (χ1) is 8.11. The van der Waals surface area contributed by atoms with Gasteiger partial charge in [0.05, 0.1) is 5.69 Å². The second-order valence-electron chi connectivity index (χ2n) is 5.16. The van der Waals surface area contributed by atoms with Crippen molar-refractivity contribution in [3.05, 3.63) is 28.2 Å². The fourth-order valence-electron chi connectivity index (χ4n) is 2.68. The predicted molar refractivity (Wildman–Crippen MR) is 77.2 cm³/mol. The second kappa shape index (κ2) is 5.40. The van der Waals surface area contributed by atoms with Crippen LogP contribution in [0.25, 0.3) is 0 Å². The van der Waals surface area contributed by atoms with Gasteiger partial charge in [-0.15, -0.1) is 0 Å². The number of hydrogen-bond donors (Lipinski definition) is 1. The SMILES string of the molecule is CC1CCN(c2ccc(CN)cc2Br)C(C)C1. The van der Waals surface area contributed by atoms with Crippen molar-refractivity contribution >= 4 is 21.6 Å². The molecular weight excluding hydrogens is 276 g/mol. The topological polar surface area (TPSA) is 29.3 Å². The highest BCUT2D eigenvalue weighted by atomic mass is 79.9. The molecule has 2 nitrogen and oxygen atoms in total. The van der Waals surface area contributed by atoms with E-state index in [1.54, 1.807) is 0 Å². The quantitative estimate of drug-likeness (QED) is 0.905. The highest BCUT2D eigenvalue weighted by Crippen LogP contribution is 2.33. The Morgan fingerprint density at radius 3 is 2.76 bits per heavy atom. The van der Waals surface area contributed by atoms with Crippen LogP contribution < -0.4 is 10.6 Å². The van der Waals surface area contributed by atoms with Gasteiger partial charge >= 0.3 is 0 Å². The summed E-state index contributed by atoms with van der Waals surface area (Å²) in [5.41, 5.74) is 8.14. The number of piperidine rings is 1. The summed E-state index contributed by atoms with van der Waals surface area (Å²) >= 11 is 3.67. The van der Waals surface area contributed by atoms with Gasteiger partial charge in [0.15, 0.2) is 0 Å². The Kier molecular flexibility index (Phi) is 4.10. The Morgan fingerprint density at radius 2 is 2.18 bits per heavy atom. The molecular formula is C14H21BrN2. The van der Waals surface area contributed by atoms with Crippen molar-refractivity contribution in [2.75, 3.05) is 11.4 Å². The van der Waals surface area contributed by atoms with Crippen LogP contribution in [0, 0.1) is 5.92 Å². The van der Waals surface area contributed by atoms with Crippen LogP contribution in [0.1, 0.15) is 32.3 Å². The van der Waals surface area contributed by atoms with Gasteiger partial charge in [0.25, 0.3) is 0 Å². The van der Waals surface area contributed by atoms with E-state index in [2.05, 4.69) is 52.9 Å². The number of rotatable bonds is 2. The van der Waals surface area contributed by atoms with Crippen molar-refractivity contribution in [3.8, 4) is 0 Å². The molecule has 0 radical (unpaired) electrons. The van der Waals surface area contributed by atoms with Gasteiger partial charge in [-0.25, -0.2) is 0 Å². The van der Waals surface area contributed by atoms with Crippen molar-refractivity contribution in [1.82, 2.24) is 0 Å². The molecule has 1 saturated heterocycles. The lowest BCUT2D eigenvalue weighted by molar-refractivity contribution is 0.377. The molecule has 94 valence electrons. The van der Waals surface area contributed by atoms with Gasteiger partial charge in [-0.3, -0.25) is 0 Å². The molecule has 1 aromatic rings. The van der Waals surface area contributed by atoms with Crippen molar-refractivity contribution in [1.29, 1.82) is 0 Å². The van der Waals surface area contributed by atoms with Crippen LogP contribution in [-0.2, 0) is 6.54 Å². The summed E-state index contributed by atoms with van der Waals surface area (Å²) in [4.78, 5) is 2.50. The van der Waals surface area contributed by atoms with Gasteiger partial charge in [0.2, 0.25) is 0 Å². The van der Waals surface area contributed by atoms with Crippen molar-refractivity contribution in [3.63, 3.8) is 0 Å². The Balaban J connectivity index is 2.22. The number of halogens is 1. The molecule has 0 amide bonds. The maximum atomic E-state index is 5.66. The largest absolute Gasteiger partial charge is 0.368 e. The van der Waals surface area contributed by atoms with E-state index in [0.29, 0.717) is 12.6 Å². The second-order valence-corrected chi connectivity index (χ2v) is 6.02. The minimum Gasteiger partial charge on any atom is -0.368 e. The van der Waals surface area contributed by atoms with E-state index in [1.165, 1.54) is 28.6 Å². The van der Waals surface area contributed by atoms with Crippen LogP contribution in [0.2, 0.25) is 0 Å². The standard InChI is InChI=1S/C14H21BrN2/c1-10-5-6-17(11(2)7-10)14-4-3-12(9-16)8-13(14)15/h3-4,8,10-11H,5-7,9,16H2,1-2H3. The molecule has 2 rings (SSSR count). The van der Waals surface area contributed by atoms with Crippen molar-refractivity contribution in [2.24, 2.45) is 11.7 Å². The summed E-state index contributed by atoms with van der Waals surface area (Å²) in [7, 11) is 0. The number of nitrogens with two attached hydrogens (primary N) is 1. The minimum absolute atomic E-state index is 0.603. The van der Waals surface area contributed by atoms with Crippen LogP contribution in [0.4, 0.5) is 5.69 Å². The van der Waals surface area contributed by atoms with Crippen LogP contribution >= 0.6 is 15.9 Å². The highest BCUT2D eigenvalue weighted by molar-refractivity contribution is 9.10. The minimum atomic E-state index is 0.603. The summed E-state index contributed by atoms with van der Waals surface area (Å²) < 4.78 is 1.17. The molecule has 1 aromatic carbocycles. The first kappa shape index (κ1) is 12.9. The van der Waals surface area contributed by atoms with E-state index in [-0.39, 0.29) is 0 Å². The van der Waals surface area contributed by atoms with Gasteiger partial charge < -0.3 is 10.6 Å². The summed E-state index contributed by atoms with van der Waals surface area (Å²) in [6.07, 6.45) is 2.57. The molecule has 0 saturated carbocycles. The molecule has 3 heteroatoms. The molecule has 1 heterocycles. The molecule has 2 N–H and O–H groups in total. The molecule has 1 fully saturated rings. The van der Waals surface area contributed by atoms with Crippen molar-refractivity contribution < 1.29 is 0 Å². The van der Waals surface area contributed by atoms with Gasteiger partial charge in [-0.2, -0.15) is 0 Å². The van der Waals surface area contributed by atoms with Gasteiger partial charge in [-0.05, 0) is 59.3 Å². The average Bonchev–Trinajstić information content (AvgIpc) is 2.30. The molecule has 17 heavy (non-hydrogen) atoms. The lowest BCUT2D eigenvalue weighted by Gasteiger charge is -2.39. The van der Waals surface area contributed by atoms with Crippen LogP contribution in [-0.4, -0.2) is 12.6 Å². The molecule has 1 aliphatic heterocycles. The Bertz CT molecular complexity index is 392. The zero-order chi connectivity index (χ0) is 12.4. The fraction of sp³-hybridized carbons (Fsp3) is 0.571. The maximum Gasteiger partial charge on any atom is 0.0513 e. The third-order valence-corrected chi connectivity index (χ3v) is 4.33. The molecule has 0 aliphatic carbocycles. The Morgan fingerprint density at radius 1 is 1.41 bits per heavy atom. The van der Waals surface area contributed by atoms with E-state index < -0.39 is 0 Å². The van der Waals surface area contributed by atoms with Gasteiger partial charge in [0.1, 0.15) is 0 Å². The van der Waals surface area contributed by atoms with Crippen LogP contribution in [0.15, 0.2) is 22.7 Å². The van der Waals surface area contributed by atoms with E-state index in [4.69, 9.17) is 5.73 Å². The Hall–Kier alpha value is -0.540. The van der Waals surface area contributed by atoms with Gasteiger partial charge in [-0.1, -0.05) is 13.0 Å². The smallest absolute Gasteiger partial charge is 0.0513 e. The third kappa shape index (κ3) is 2.83. The Labute approximate surface area is 112 Å². The molecule has 2 atom stereocenters. The monoisotopic (exact) mass is 296 g/mol. The highest BCUT2D eigenvalue weighted by Gasteiger charge is 2.24. The van der Waals surface area contributed by atoms with E-state index >= 15 is 0 Å². The lowest BCUT2D eigenvalue weighted by atomic mass is 9.93.